The van der Waals surface area contributed by atoms with Crippen LogP contribution >= 0.6 is 0 Å². The Hall–Kier alpha value is -2.74. The lowest BCUT2D eigenvalue weighted by molar-refractivity contribution is 0.248. The van der Waals surface area contributed by atoms with Gasteiger partial charge in [0.05, 0.1) is 12.2 Å². The van der Waals surface area contributed by atoms with Gasteiger partial charge in [0.2, 0.25) is 5.95 Å². The fourth-order valence-corrected chi connectivity index (χ4v) is 2.98. The van der Waals surface area contributed by atoms with Crippen molar-refractivity contribution in [2.45, 2.75) is 25.5 Å². The summed E-state index contributed by atoms with van der Waals surface area (Å²) in [5, 5.41) is 17.5. The van der Waals surface area contributed by atoms with Crippen LogP contribution in [0.5, 0.6) is 0 Å². The van der Waals surface area contributed by atoms with E-state index in [0.29, 0.717) is 17.2 Å². The number of nitrogens with zero attached hydrogens (tertiary/aromatic N) is 6. The van der Waals surface area contributed by atoms with Crippen LogP contribution in [0.15, 0.2) is 41.2 Å². The zero-order valence-corrected chi connectivity index (χ0v) is 13.1. The van der Waals surface area contributed by atoms with E-state index < -0.39 is 0 Å². The molecular formula is C16H18N6O2. The van der Waals surface area contributed by atoms with Crippen LogP contribution in [0.1, 0.15) is 24.6 Å². The zero-order valence-electron chi connectivity index (χ0n) is 13.1. The summed E-state index contributed by atoms with van der Waals surface area (Å²) >= 11 is 0. The van der Waals surface area contributed by atoms with E-state index in [1.54, 1.807) is 24.5 Å². The highest BCUT2D eigenvalue weighted by Crippen LogP contribution is 2.26. The molecule has 4 heterocycles. The molecule has 4 rings (SSSR count). The third kappa shape index (κ3) is 2.88. The van der Waals surface area contributed by atoms with Crippen molar-refractivity contribution in [3.63, 3.8) is 0 Å². The van der Waals surface area contributed by atoms with Crippen LogP contribution in [0, 0.1) is 0 Å². The molecule has 0 radical (unpaired) electrons. The first-order valence-corrected chi connectivity index (χ1v) is 7.97. The van der Waals surface area contributed by atoms with E-state index in [-0.39, 0.29) is 12.6 Å². The smallest absolute Gasteiger partial charge is 0.225 e. The fraction of sp³-hybridized carbons (Fsp3) is 0.375. The van der Waals surface area contributed by atoms with E-state index >= 15 is 0 Å². The van der Waals surface area contributed by atoms with Gasteiger partial charge < -0.3 is 14.4 Å². The van der Waals surface area contributed by atoms with E-state index in [2.05, 4.69) is 25.2 Å². The molecule has 0 unspecified atom stereocenters. The summed E-state index contributed by atoms with van der Waals surface area (Å²) in [5.74, 6) is 1.88. The van der Waals surface area contributed by atoms with Gasteiger partial charge in [-0.05, 0) is 31.0 Å². The summed E-state index contributed by atoms with van der Waals surface area (Å²) in [6.45, 7) is 1.62. The van der Waals surface area contributed by atoms with Gasteiger partial charge in [0.15, 0.2) is 5.76 Å². The Bertz CT molecular complexity index is 800. The number of hydrogen-bond acceptors (Lipinski definition) is 7. The molecular weight excluding hydrogens is 308 g/mol. The lowest BCUT2D eigenvalue weighted by atomic mass is 10.1. The third-order valence-corrected chi connectivity index (χ3v) is 4.19. The highest BCUT2D eigenvalue weighted by atomic mass is 16.4. The summed E-state index contributed by atoms with van der Waals surface area (Å²) < 4.78 is 7.39. The maximum Gasteiger partial charge on any atom is 0.225 e. The van der Waals surface area contributed by atoms with Crippen LogP contribution < -0.4 is 4.90 Å². The molecule has 0 aliphatic carbocycles. The molecule has 1 saturated heterocycles. The van der Waals surface area contributed by atoms with Crippen LogP contribution in [0.3, 0.4) is 0 Å². The molecule has 1 aliphatic rings. The molecule has 0 bridgehead atoms. The number of rotatable bonds is 4. The van der Waals surface area contributed by atoms with Crippen molar-refractivity contribution in [1.29, 1.82) is 0 Å². The topological polar surface area (TPSA) is 93.1 Å². The van der Waals surface area contributed by atoms with Gasteiger partial charge in [-0.15, -0.1) is 5.10 Å². The molecule has 0 spiro atoms. The molecule has 0 amide bonds. The largest absolute Gasteiger partial charge is 0.457 e. The van der Waals surface area contributed by atoms with Crippen molar-refractivity contribution < 1.29 is 9.52 Å². The summed E-state index contributed by atoms with van der Waals surface area (Å²) in [4.78, 5) is 10.8. The van der Waals surface area contributed by atoms with Crippen LogP contribution in [-0.2, 0) is 6.61 Å². The Kier molecular flexibility index (Phi) is 3.96. The van der Waals surface area contributed by atoms with Gasteiger partial charge in [0.1, 0.15) is 18.1 Å². The predicted octanol–water partition coefficient (Wildman–Crippen LogP) is 1.66. The first kappa shape index (κ1) is 14.8. The quantitative estimate of drug-likeness (QED) is 0.779. The molecule has 8 nitrogen and oxygen atoms in total. The summed E-state index contributed by atoms with van der Waals surface area (Å²) in [7, 11) is 0. The molecule has 1 fully saturated rings. The Morgan fingerprint density at radius 3 is 2.92 bits per heavy atom. The molecule has 3 aromatic heterocycles. The Morgan fingerprint density at radius 1 is 1.25 bits per heavy atom. The second kappa shape index (κ2) is 6.40. The normalized spacial score (nSPS) is 18.0. The molecule has 1 N–H and O–H groups in total. The molecule has 1 atom stereocenters. The minimum Gasteiger partial charge on any atom is -0.457 e. The molecule has 124 valence electrons. The maximum absolute atomic E-state index is 9.09. The van der Waals surface area contributed by atoms with Crippen LogP contribution in [0.4, 0.5) is 5.95 Å². The minimum atomic E-state index is -0.122. The van der Waals surface area contributed by atoms with Gasteiger partial charge in [-0.2, -0.15) is 0 Å². The highest BCUT2D eigenvalue weighted by Gasteiger charge is 2.24. The number of furan rings is 1. The molecule has 1 aliphatic heterocycles. The Labute approximate surface area is 138 Å². The van der Waals surface area contributed by atoms with Crippen LogP contribution in [0.2, 0.25) is 0 Å². The lowest BCUT2D eigenvalue weighted by Gasteiger charge is -2.32. The predicted molar refractivity (Wildman–Crippen MR) is 86.2 cm³/mol. The summed E-state index contributed by atoms with van der Waals surface area (Å²) in [5.41, 5.74) is 0.669. The summed E-state index contributed by atoms with van der Waals surface area (Å²) in [6, 6.07) is 5.57. The van der Waals surface area contributed by atoms with Crippen molar-refractivity contribution in [2.75, 3.05) is 18.0 Å². The molecule has 0 aromatic carbocycles. The molecule has 24 heavy (non-hydrogen) atoms. The number of anilines is 1. The summed E-state index contributed by atoms with van der Waals surface area (Å²) in [6.07, 6.45) is 7.49. The Balaban J connectivity index is 1.51. The first-order valence-electron chi connectivity index (χ1n) is 7.97. The second-order valence-corrected chi connectivity index (χ2v) is 5.80. The maximum atomic E-state index is 9.09. The van der Waals surface area contributed by atoms with Crippen LogP contribution in [0.25, 0.3) is 11.5 Å². The van der Waals surface area contributed by atoms with E-state index in [4.69, 9.17) is 9.52 Å². The third-order valence-electron chi connectivity index (χ3n) is 4.19. The molecule has 3 aromatic rings. The molecule has 8 heteroatoms. The van der Waals surface area contributed by atoms with Crippen molar-refractivity contribution in [2.24, 2.45) is 0 Å². The van der Waals surface area contributed by atoms with Crippen LogP contribution in [-0.4, -0.2) is 43.2 Å². The molecule has 0 saturated carbocycles. The lowest BCUT2D eigenvalue weighted by Crippen LogP contribution is -2.37. The number of aliphatic hydroxyl groups excluding tert-OH is 1. The van der Waals surface area contributed by atoms with E-state index in [1.165, 1.54) is 0 Å². The SMILES string of the molecule is OCc1ccc(-c2cn([C@H]3CCCN(c4ncccn4)C3)nn2)o1. The minimum absolute atomic E-state index is 0.122. The van der Waals surface area contributed by atoms with E-state index in [0.717, 1.165) is 31.9 Å². The Morgan fingerprint density at radius 2 is 2.12 bits per heavy atom. The number of aliphatic hydroxyl groups is 1. The van der Waals surface area contributed by atoms with E-state index in [9.17, 15) is 0 Å². The van der Waals surface area contributed by atoms with Crippen molar-refractivity contribution in [3.05, 3.63) is 42.5 Å². The van der Waals surface area contributed by atoms with Gasteiger partial charge in [-0.3, -0.25) is 0 Å². The fourth-order valence-electron chi connectivity index (χ4n) is 2.98. The van der Waals surface area contributed by atoms with Gasteiger partial charge >= 0.3 is 0 Å². The van der Waals surface area contributed by atoms with Crippen molar-refractivity contribution in [3.8, 4) is 11.5 Å². The van der Waals surface area contributed by atoms with Crippen molar-refractivity contribution >= 4 is 5.95 Å². The monoisotopic (exact) mass is 326 g/mol. The van der Waals surface area contributed by atoms with Gasteiger partial charge in [-0.1, -0.05) is 5.21 Å². The highest BCUT2D eigenvalue weighted by molar-refractivity contribution is 5.50. The number of hydrogen-bond donors (Lipinski definition) is 1. The average molecular weight is 326 g/mol. The van der Waals surface area contributed by atoms with Gasteiger partial charge in [-0.25, -0.2) is 14.6 Å². The van der Waals surface area contributed by atoms with Crippen molar-refractivity contribution in [1.82, 2.24) is 25.0 Å². The number of piperidine rings is 1. The van der Waals surface area contributed by atoms with Gasteiger partial charge in [0, 0.05) is 25.5 Å². The van der Waals surface area contributed by atoms with Gasteiger partial charge in [0.25, 0.3) is 0 Å². The number of aromatic nitrogens is 5. The standard InChI is InChI=1S/C16H18N6O2/c23-11-13-4-5-15(24-13)14-10-22(20-19-14)12-3-1-8-21(9-12)16-17-6-2-7-18-16/h2,4-7,10,12,23H,1,3,8-9,11H2/t12-/m0/s1. The van der Waals surface area contributed by atoms with E-state index in [1.807, 2.05) is 16.9 Å². The zero-order chi connectivity index (χ0) is 16.4. The first-order chi connectivity index (χ1) is 11.8. The second-order valence-electron chi connectivity index (χ2n) is 5.80. The average Bonchev–Trinajstić information content (AvgIpc) is 3.32.